The molecular formula is C25H28F3N5O3. The van der Waals surface area contributed by atoms with Crippen LogP contribution in [-0.2, 0) is 0 Å². The SMILES string of the molecule is O=C(N1CC2(CC(Oc3ccc(OC(F)(F)F)cc3)C2)C1)N1CC2(CC(n3cnc(C4CC4)n3)C2)C1. The standard InChI is InChI=1S/C25H28F3N5O3/c26-25(27,28)36-19-5-3-18(4-6-19)35-20-9-24(10-20)13-32(14-24)22(34)31-11-23(12-31)7-17(8-23)33-15-29-21(30-33)16-1-2-16/h3-6,15-17,20H,1-2,7-14H2. The Morgan fingerprint density at radius 1 is 0.917 bits per heavy atom. The van der Waals surface area contributed by atoms with Gasteiger partial charge in [-0.15, -0.1) is 13.2 Å². The summed E-state index contributed by atoms with van der Waals surface area (Å²) in [7, 11) is 0. The zero-order valence-electron chi connectivity index (χ0n) is 19.8. The molecule has 2 aromatic rings. The monoisotopic (exact) mass is 503 g/mol. The van der Waals surface area contributed by atoms with Crippen LogP contribution in [0.25, 0.3) is 0 Å². The Labute approximate surface area is 206 Å². The van der Waals surface area contributed by atoms with Crippen molar-refractivity contribution in [1.29, 1.82) is 0 Å². The van der Waals surface area contributed by atoms with Gasteiger partial charge in [0.15, 0.2) is 5.82 Å². The number of aromatic nitrogens is 3. The number of carbonyl (C=O) groups is 1. The fraction of sp³-hybridized carbons (Fsp3) is 0.640. The Hall–Kier alpha value is -2.98. The predicted octanol–water partition coefficient (Wildman–Crippen LogP) is 4.35. The average Bonchev–Trinajstić information content (AvgIpc) is 3.44. The normalized spacial score (nSPS) is 24.6. The minimum absolute atomic E-state index is 0.0213. The predicted molar refractivity (Wildman–Crippen MR) is 120 cm³/mol. The lowest BCUT2D eigenvalue weighted by molar-refractivity contribution is -0.274. The fourth-order valence-corrected chi connectivity index (χ4v) is 6.54. The minimum Gasteiger partial charge on any atom is -0.490 e. The lowest BCUT2D eigenvalue weighted by Gasteiger charge is -2.63. The van der Waals surface area contributed by atoms with Gasteiger partial charge in [0.1, 0.15) is 23.9 Å². The average molecular weight is 504 g/mol. The third kappa shape index (κ3) is 3.96. The van der Waals surface area contributed by atoms with E-state index in [2.05, 4.69) is 14.8 Å². The molecule has 3 heterocycles. The molecule has 2 aliphatic heterocycles. The maximum absolute atomic E-state index is 12.9. The molecule has 0 atom stereocenters. The molecule has 2 saturated heterocycles. The van der Waals surface area contributed by atoms with Crippen LogP contribution in [0.2, 0.25) is 0 Å². The molecule has 36 heavy (non-hydrogen) atoms. The van der Waals surface area contributed by atoms with Gasteiger partial charge in [-0.1, -0.05) is 0 Å². The number of hydrogen-bond donors (Lipinski definition) is 0. The van der Waals surface area contributed by atoms with Crippen molar-refractivity contribution in [3.8, 4) is 11.5 Å². The van der Waals surface area contributed by atoms with E-state index in [1.165, 1.54) is 37.1 Å². The Bertz CT molecular complexity index is 1150. The third-order valence-corrected chi connectivity index (χ3v) is 8.51. The molecule has 1 aromatic carbocycles. The van der Waals surface area contributed by atoms with Gasteiger partial charge >= 0.3 is 12.4 Å². The van der Waals surface area contributed by atoms with E-state index in [4.69, 9.17) is 4.74 Å². The smallest absolute Gasteiger partial charge is 0.490 e. The fourth-order valence-electron chi connectivity index (χ4n) is 6.54. The van der Waals surface area contributed by atoms with E-state index in [0.717, 1.165) is 57.7 Å². The molecule has 5 fully saturated rings. The van der Waals surface area contributed by atoms with Gasteiger partial charge < -0.3 is 19.3 Å². The van der Waals surface area contributed by atoms with Gasteiger partial charge in [-0.05, 0) is 62.8 Å². The summed E-state index contributed by atoms with van der Waals surface area (Å²) in [6, 6.07) is 6.03. The van der Waals surface area contributed by atoms with Crippen molar-refractivity contribution in [2.24, 2.45) is 10.8 Å². The van der Waals surface area contributed by atoms with E-state index in [9.17, 15) is 18.0 Å². The molecule has 0 radical (unpaired) electrons. The summed E-state index contributed by atoms with van der Waals surface area (Å²) >= 11 is 0. The molecule has 0 unspecified atom stereocenters. The zero-order valence-corrected chi connectivity index (χ0v) is 19.8. The minimum atomic E-state index is -4.70. The molecule has 192 valence electrons. The van der Waals surface area contributed by atoms with Crippen LogP contribution in [0.5, 0.6) is 11.5 Å². The molecule has 0 N–H and O–H groups in total. The van der Waals surface area contributed by atoms with Gasteiger partial charge in [-0.3, -0.25) is 0 Å². The first-order valence-electron chi connectivity index (χ1n) is 12.6. The lowest BCUT2D eigenvalue weighted by atomic mass is 9.60. The number of benzene rings is 1. The van der Waals surface area contributed by atoms with Crippen molar-refractivity contribution in [1.82, 2.24) is 24.6 Å². The molecule has 3 aliphatic carbocycles. The molecule has 8 nitrogen and oxygen atoms in total. The van der Waals surface area contributed by atoms with Crippen LogP contribution in [0.15, 0.2) is 30.6 Å². The number of nitrogens with zero attached hydrogens (tertiary/aromatic N) is 5. The van der Waals surface area contributed by atoms with E-state index in [0.29, 0.717) is 17.7 Å². The second-order valence-electron chi connectivity index (χ2n) is 11.6. The van der Waals surface area contributed by atoms with Crippen LogP contribution in [0, 0.1) is 10.8 Å². The van der Waals surface area contributed by atoms with E-state index >= 15 is 0 Å². The van der Waals surface area contributed by atoms with Gasteiger partial charge in [0, 0.05) is 42.9 Å². The maximum Gasteiger partial charge on any atom is 0.573 e. The number of alkyl halides is 3. The molecule has 0 bridgehead atoms. The highest BCUT2D eigenvalue weighted by Gasteiger charge is 2.59. The highest BCUT2D eigenvalue weighted by molar-refractivity contribution is 5.77. The molecule has 5 aliphatic rings. The first-order chi connectivity index (χ1) is 17.2. The van der Waals surface area contributed by atoms with Gasteiger partial charge in [-0.2, -0.15) is 5.10 Å². The number of hydrogen-bond acceptors (Lipinski definition) is 5. The second kappa shape index (κ2) is 7.52. The van der Waals surface area contributed by atoms with E-state index < -0.39 is 6.36 Å². The molecular weight excluding hydrogens is 475 g/mol. The van der Waals surface area contributed by atoms with Crippen LogP contribution < -0.4 is 9.47 Å². The summed E-state index contributed by atoms with van der Waals surface area (Å²) in [5.41, 5.74) is 0.376. The Morgan fingerprint density at radius 3 is 2.08 bits per heavy atom. The van der Waals surface area contributed by atoms with E-state index in [1.807, 2.05) is 20.8 Å². The quantitative estimate of drug-likeness (QED) is 0.607. The summed E-state index contributed by atoms with van der Waals surface area (Å²) < 4.78 is 48.7. The number of carbonyl (C=O) groups excluding carboxylic acids is 1. The van der Waals surface area contributed by atoms with Crippen LogP contribution in [0.3, 0.4) is 0 Å². The number of urea groups is 1. The van der Waals surface area contributed by atoms with Crippen LogP contribution in [0.1, 0.15) is 56.3 Å². The van der Waals surface area contributed by atoms with Crippen molar-refractivity contribution >= 4 is 6.03 Å². The molecule has 11 heteroatoms. The largest absolute Gasteiger partial charge is 0.573 e. The highest BCUT2D eigenvalue weighted by atomic mass is 19.4. The number of ether oxygens (including phenoxy) is 2. The summed E-state index contributed by atoms with van der Waals surface area (Å²) in [6.07, 6.45) is 3.44. The number of rotatable bonds is 5. The van der Waals surface area contributed by atoms with Crippen LogP contribution >= 0.6 is 0 Å². The summed E-state index contributed by atoms with van der Waals surface area (Å²) in [5.74, 6) is 1.82. The van der Waals surface area contributed by atoms with Gasteiger partial charge in [0.25, 0.3) is 0 Å². The van der Waals surface area contributed by atoms with Crippen molar-refractivity contribution in [3.05, 3.63) is 36.4 Å². The third-order valence-electron chi connectivity index (χ3n) is 8.51. The van der Waals surface area contributed by atoms with E-state index in [1.54, 1.807) is 0 Å². The molecule has 2 spiro atoms. The number of halogens is 3. The topological polar surface area (TPSA) is 72.7 Å². The zero-order chi connectivity index (χ0) is 24.7. The van der Waals surface area contributed by atoms with Crippen LogP contribution in [-0.4, -0.2) is 69.2 Å². The van der Waals surface area contributed by atoms with Crippen LogP contribution in [0.4, 0.5) is 18.0 Å². The van der Waals surface area contributed by atoms with Gasteiger partial charge in [0.05, 0.1) is 6.04 Å². The molecule has 7 rings (SSSR count). The van der Waals surface area contributed by atoms with Gasteiger partial charge in [-0.25, -0.2) is 14.5 Å². The number of amides is 2. The summed E-state index contributed by atoms with van der Waals surface area (Å²) in [6.45, 7) is 3.16. The number of likely N-dealkylation sites (tertiary alicyclic amines) is 2. The maximum atomic E-state index is 12.9. The van der Waals surface area contributed by atoms with E-state index in [-0.39, 0.29) is 28.7 Å². The Kier molecular flexibility index (Phi) is 4.64. The van der Waals surface area contributed by atoms with Crippen molar-refractivity contribution in [3.63, 3.8) is 0 Å². The van der Waals surface area contributed by atoms with Crippen molar-refractivity contribution < 1.29 is 27.4 Å². The first-order valence-corrected chi connectivity index (χ1v) is 12.6. The molecule has 3 saturated carbocycles. The first kappa shape index (κ1) is 22.2. The molecule has 2 amide bonds. The second-order valence-corrected chi connectivity index (χ2v) is 11.6. The Morgan fingerprint density at radius 2 is 1.50 bits per heavy atom. The highest BCUT2D eigenvalue weighted by Crippen LogP contribution is 2.55. The Balaban J connectivity index is 0.828. The van der Waals surface area contributed by atoms with Crippen molar-refractivity contribution in [2.75, 3.05) is 26.2 Å². The summed E-state index contributed by atoms with van der Waals surface area (Å²) in [4.78, 5) is 21.3. The van der Waals surface area contributed by atoms with Crippen molar-refractivity contribution in [2.45, 2.75) is 63.0 Å². The molecule has 1 aromatic heterocycles. The summed E-state index contributed by atoms with van der Waals surface area (Å²) in [5, 5.41) is 4.66. The lowest BCUT2D eigenvalue weighted by Crippen LogP contribution is -2.71. The van der Waals surface area contributed by atoms with Gasteiger partial charge in [0.2, 0.25) is 0 Å².